The number of hydrogen-bond acceptors (Lipinski definition) is 5. The Morgan fingerprint density at radius 3 is 2.30 bits per heavy atom. The molecular weight excluding hydrogens is 423 g/mol. The minimum Gasteiger partial charge on any atom is -0.497 e. The Bertz CT molecular complexity index is 1230. The highest BCUT2D eigenvalue weighted by Gasteiger charge is 2.27. The molecule has 0 atom stereocenters. The average Bonchev–Trinajstić information content (AvgIpc) is 3.55. The molecule has 1 fully saturated rings. The van der Waals surface area contributed by atoms with Crippen LogP contribution in [0.1, 0.15) is 10.5 Å². The number of carbonyl (C=O) groups is 1. The lowest BCUT2D eigenvalue weighted by molar-refractivity contribution is 0.0737. The number of carbonyl (C=O) groups excluding carboxylic acids is 1. The lowest BCUT2D eigenvalue weighted by atomic mass is 10.2. The van der Waals surface area contributed by atoms with E-state index in [2.05, 4.69) is 10.00 Å². The molecule has 0 radical (unpaired) electrons. The quantitative estimate of drug-likeness (QED) is 0.459. The molecule has 1 saturated heterocycles. The highest BCUT2D eigenvalue weighted by Crippen LogP contribution is 2.25. The van der Waals surface area contributed by atoms with Crippen molar-refractivity contribution in [3.05, 3.63) is 84.5 Å². The number of amides is 1. The van der Waals surface area contributed by atoms with Crippen molar-refractivity contribution in [3.63, 3.8) is 0 Å². The van der Waals surface area contributed by atoms with Gasteiger partial charge in [-0.2, -0.15) is 5.10 Å². The standard InChI is InChI=1S/C25H23FN4O3/c1-32-21-10-8-19(9-11-21)28-12-14-29(15-13-28)25(31)23-17-22(24-3-2-16-33-24)27-30(23)20-6-4-18(26)5-7-20/h2-11,16-17H,12-15H2,1H3. The monoisotopic (exact) mass is 446 g/mol. The Kier molecular flexibility index (Phi) is 5.56. The normalized spacial score (nSPS) is 13.9. The second-order valence-corrected chi connectivity index (χ2v) is 7.76. The Morgan fingerprint density at radius 1 is 0.970 bits per heavy atom. The topological polar surface area (TPSA) is 63.7 Å². The molecule has 0 saturated carbocycles. The van der Waals surface area contributed by atoms with Crippen LogP contribution in [-0.4, -0.2) is 53.9 Å². The number of benzene rings is 2. The molecule has 0 spiro atoms. The Balaban J connectivity index is 1.38. The molecule has 8 heteroatoms. The maximum Gasteiger partial charge on any atom is 0.272 e. The zero-order valence-corrected chi connectivity index (χ0v) is 18.1. The van der Waals surface area contributed by atoms with Crippen LogP contribution >= 0.6 is 0 Å². The first-order valence-corrected chi connectivity index (χ1v) is 10.7. The summed E-state index contributed by atoms with van der Waals surface area (Å²) in [7, 11) is 1.65. The molecule has 5 rings (SSSR count). The molecule has 0 bridgehead atoms. The molecule has 33 heavy (non-hydrogen) atoms. The van der Waals surface area contributed by atoms with Crippen LogP contribution in [-0.2, 0) is 0 Å². The first-order chi connectivity index (χ1) is 16.1. The van der Waals surface area contributed by atoms with Crippen LogP contribution in [0.4, 0.5) is 10.1 Å². The molecule has 0 aliphatic carbocycles. The van der Waals surface area contributed by atoms with Gasteiger partial charge in [0.05, 0.1) is 19.1 Å². The number of hydrogen-bond donors (Lipinski definition) is 0. The summed E-state index contributed by atoms with van der Waals surface area (Å²) in [6.45, 7) is 2.59. The van der Waals surface area contributed by atoms with Gasteiger partial charge < -0.3 is 19.0 Å². The SMILES string of the molecule is COc1ccc(N2CCN(C(=O)c3cc(-c4ccco4)nn3-c3ccc(F)cc3)CC2)cc1. The van der Waals surface area contributed by atoms with E-state index in [0.29, 0.717) is 49.0 Å². The maximum atomic E-state index is 13.5. The summed E-state index contributed by atoms with van der Waals surface area (Å²) in [5, 5.41) is 4.58. The Labute approximate surface area is 190 Å². The van der Waals surface area contributed by atoms with Crippen LogP contribution in [0.2, 0.25) is 0 Å². The van der Waals surface area contributed by atoms with E-state index < -0.39 is 0 Å². The predicted octanol–water partition coefficient (Wildman–Crippen LogP) is 4.24. The number of methoxy groups -OCH3 is 1. The molecule has 2 aromatic heterocycles. The highest BCUT2D eigenvalue weighted by molar-refractivity contribution is 5.94. The summed E-state index contributed by atoms with van der Waals surface area (Å²) in [4.78, 5) is 17.6. The lowest BCUT2D eigenvalue weighted by Crippen LogP contribution is -2.49. The Morgan fingerprint density at radius 2 is 1.67 bits per heavy atom. The smallest absolute Gasteiger partial charge is 0.272 e. The van der Waals surface area contributed by atoms with Gasteiger partial charge in [-0.05, 0) is 60.7 Å². The molecule has 168 valence electrons. The minimum atomic E-state index is -0.348. The van der Waals surface area contributed by atoms with E-state index in [4.69, 9.17) is 9.15 Å². The van der Waals surface area contributed by atoms with Crippen molar-refractivity contribution in [3.8, 4) is 22.9 Å². The number of ether oxygens (including phenoxy) is 1. The summed E-state index contributed by atoms with van der Waals surface area (Å²) in [6, 6.07) is 19.1. The fourth-order valence-corrected chi connectivity index (χ4v) is 3.98. The van der Waals surface area contributed by atoms with Crippen molar-refractivity contribution >= 4 is 11.6 Å². The number of piperazine rings is 1. The fourth-order valence-electron chi connectivity index (χ4n) is 3.98. The summed E-state index contributed by atoms with van der Waals surface area (Å²) in [5.74, 6) is 0.905. The van der Waals surface area contributed by atoms with Crippen LogP contribution in [0.3, 0.4) is 0 Å². The molecule has 1 aliphatic rings. The van der Waals surface area contributed by atoms with Crippen LogP contribution in [0.5, 0.6) is 5.75 Å². The van der Waals surface area contributed by atoms with Gasteiger partial charge in [-0.3, -0.25) is 4.79 Å². The van der Waals surface area contributed by atoms with E-state index >= 15 is 0 Å². The molecule has 4 aromatic rings. The van der Waals surface area contributed by atoms with E-state index in [9.17, 15) is 9.18 Å². The molecule has 1 amide bonds. The zero-order valence-electron chi connectivity index (χ0n) is 18.1. The fraction of sp³-hybridized carbons (Fsp3) is 0.200. The van der Waals surface area contributed by atoms with E-state index in [1.165, 1.54) is 12.1 Å². The maximum absolute atomic E-state index is 13.5. The van der Waals surface area contributed by atoms with Crippen LogP contribution in [0.25, 0.3) is 17.1 Å². The number of rotatable bonds is 5. The first kappa shape index (κ1) is 20.8. The second-order valence-electron chi connectivity index (χ2n) is 7.76. The lowest BCUT2D eigenvalue weighted by Gasteiger charge is -2.36. The highest BCUT2D eigenvalue weighted by atomic mass is 19.1. The van der Waals surface area contributed by atoms with Crippen molar-refractivity contribution in [1.29, 1.82) is 0 Å². The van der Waals surface area contributed by atoms with Crippen molar-refractivity contribution in [2.45, 2.75) is 0 Å². The molecular formula is C25H23FN4O3. The number of nitrogens with zero attached hydrogens (tertiary/aromatic N) is 4. The third-order valence-electron chi connectivity index (χ3n) is 5.78. The van der Waals surface area contributed by atoms with Crippen LogP contribution in [0, 0.1) is 5.82 Å². The van der Waals surface area contributed by atoms with Crippen LogP contribution in [0.15, 0.2) is 77.4 Å². The van der Waals surface area contributed by atoms with Gasteiger partial charge in [0.1, 0.15) is 23.0 Å². The van der Waals surface area contributed by atoms with Crippen LogP contribution < -0.4 is 9.64 Å². The van der Waals surface area contributed by atoms with Gasteiger partial charge in [0.15, 0.2) is 5.76 Å². The van der Waals surface area contributed by atoms with Crippen molar-refractivity contribution < 1.29 is 18.3 Å². The summed E-state index contributed by atoms with van der Waals surface area (Å²) in [6.07, 6.45) is 1.56. The molecule has 3 heterocycles. The second kappa shape index (κ2) is 8.82. The van der Waals surface area contributed by atoms with Gasteiger partial charge in [-0.25, -0.2) is 9.07 Å². The third kappa shape index (κ3) is 4.19. The zero-order chi connectivity index (χ0) is 22.8. The number of halogens is 1. The Hall–Kier alpha value is -4.07. The predicted molar refractivity (Wildman–Crippen MR) is 122 cm³/mol. The number of anilines is 1. The van der Waals surface area contributed by atoms with E-state index in [1.807, 2.05) is 29.2 Å². The van der Waals surface area contributed by atoms with Gasteiger partial charge in [0.25, 0.3) is 5.91 Å². The van der Waals surface area contributed by atoms with E-state index in [-0.39, 0.29) is 11.7 Å². The van der Waals surface area contributed by atoms with Crippen molar-refractivity contribution in [2.24, 2.45) is 0 Å². The molecule has 2 aromatic carbocycles. The van der Waals surface area contributed by atoms with Gasteiger partial charge in [-0.15, -0.1) is 0 Å². The minimum absolute atomic E-state index is 0.126. The van der Waals surface area contributed by atoms with Gasteiger partial charge in [0, 0.05) is 37.9 Å². The van der Waals surface area contributed by atoms with Gasteiger partial charge in [0.2, 0.25) is 0 Å². The van der Waals surface area contributed by atoms with Gasteiger partial charge in [-0.1, -0.05) is 0 Å². The molecule has 1 aliphatic heterocycles. The molecule has 7 nitrogen and oxygen atoms in total. The average molecular weight is 446 g/mol. The van der Waals surface area contributed by atoms with E-state index in [1.54, 1.807) is 48.4 Å². The first-order valence-electron chi connectivity index (χ1n) is 10.7. The van der Waals surface area contributed by atoms with E-state index in [0.717, 1.165) is 11.4 Å². The third-order valence-corrected chi connectivity index (χ3v) is 5.78. The summed E-state index contributed by atoms with van der Waals surface area (Å²) >= 11 is 0. The van der Waals surface area contributed by atoms with Gasteiger partial charge >= 0.3 is 0 Å². The van der Waals surface area contributed by atoms with Crippen molar-refractivity contribution in [1.82, 2.24) is 14.7 Å². The summed E-state index contributed by atoms with van der Waals surface area (Å²) in [5.41, 5.74) is 2.66. The largest absolute Gasteiger partial charge is 0.497 e. The molecule has 0 N–H and O–H groups in total. The summed E-state index contributed by atoms with van der Waals surface area (Å²) < 4.78 is 25.7. The number of furan rings is 1. The van der Waals surface area contributed by atoms with Crippen molar-refractivity contribution in [2.75, 3.05) is 38.2 Å². The molecule has 0 unspecified atom stereocenters. The number of aromatic nitrogens is 2.